The zero-order valence-electron chi connectivity index (χ0n) is 15.6. The number of carbonyl (C=O) groups excluding carboxylic acids is 1. The highest BCUT2D eigenvalue weighted by molar-refractivity contribution is 9.11. The van der Waals surface area contributed by atoms with Gasteiger partial charge in [-0.2, -0.15) is 4.31 Å². The van der Waals surface area contributed by atoms with Gasteiger partial charge in [0, 0.05) is 18.5 Å². The maximum Gasteiger partial charge on any atom is 0.306 e. The highest BCUT2D eigenvalue weighted by atomic mass is 79.9. The molecule has 2 atom stereocenters. The minimum atomic E-state index is -3.65. The number of ether oxygens (including phenoxy) is 1. The summed E-state index contributed by atoms with van der Waals surface area (Å²) in [4.78, 5) is 13.9. The van der Waals surface area contributed by atoms with Crippen molar-refractivity contribution < 1.29 is 17.9 Å². The molecule has 0 saturated carbocycles. The van der Waals surface area contributed by atoms with Crippen LogP contribution in [0.25, 0.3) is 0 Å². The van der Waals surface area contributed by atoms with E-state index in [0.717, 1.165) is 11.1 Å². The van der Waals surface area contributed by atoms with Crippen LogP contribution in [0.5, 0.6) is 0 Å². The first kappa shape index (κ1) is 21.1. The average Bonchev–Trinajstić information content (AvgIpc) is 2.92. The van der Waals surface area contributed by atoms with Crippen molar-refractivity contribution in [2.24, 2.45) is 11.8 Å². The molecule has 2 rings (SSSR count). The van der Waals surface area contributed by atoms with Gasteiger partial charge < -0.3 is 4.74 Å². The van der Waals surface area contributed by atoms with Gasteiger partial charge in [0.1, 0.15) is 0 Å². The van der Waals surface area contributed by atoms with E-state index in [1.54, 1.807) is 33.6 Å². The van der Waals surface area contributed by atoms with Crippen molar-refractivity contribution in [3.63, 3.8) is 0 Å². The van der Waals surface area contributed by atoms with Gasteiger partial charge >= 0.3 is 5.97 Å². The Morgan fingerprint density at radius 1 is 1.35 bits per heavy atom. The SMILES string of the molecule is COC(=O)C[C@@H]1/C(=C\Br)CN(S(=O)(=O)c2ccc(C)cc2)[C@H]1CC(C)C. The molecule has 5 nitrogen and oxygen atoms in total. The summed E-state index contributed by atoms with van der Waals surface area (Å²) in [6, 6.07) is 6.61. The van der Waals surface area contributed by atoms with Crippen LogP contribution in [-0.4, -0.2) is 38.4 Å². The van der Waals surface area contributed by atoms with E-state index in [2.05, 4.69) is 29.8 Å². The predicted molar refractivity (Wildman–Crippen MR) is 105 cm³/mol. The molecule has 7 heteroatoms. The van der Waals surface area contributed by atoms with Gasteiger partial charge in [-0.3, -0.25) is 4.79 Å². The Labute approximate surface area is 164 Å². The molecule has 1 aliphatic heterocycles. The smallest absolute Gasteiger partial charge is 0.306 e. The largest absolute Gasteiger partial charge is 0.469 e. The van der Waals surface area contributed by atoms with Crippen LogP contribution in [0, 0.1) is 18.8 Å². The first-order valence-electron chi connectivity index (χ1n) is 8.65. The molecule has 1 fully saturated rings. The normalized spacial score (nSPS) is 22.9. The van der Waals surface area contributed by atoms with Gasteiger partial charge in [-0.25, -0.2) is 8.42 Å². The number of methoxy groups -OCH3 is 1. The fourth-order valence-electron chi connectivity index (χ4n) is 3.38. The fraction of sp³-hybridized carbons (Fsp3) is 0.526. The van der Waals surface area contributed by atoms with Crippen molar-refractivity contribution in [2.75, 3.05) is 13.7 Å². The summed E-state index contributed by atoms with van der Waals surface area (Å²) in [7, 11) is -2.29. The van der Waals surface area contributed by atoms with Gasteiger partial charge in [0.25, 0.3) is 0 Å². The van der Waals surface area contributed by atoms with Crippen LogP contribution in [0.2, 0.25) is 0 Å². The summed E-state index contributed by atoms with van der Waals surface area (Å²) < 4.78 is 32.9. The van der Waals surface area contributed by atoms with Crippen LogP contribution >= 0.6 is 15.9 Å². The van der Waals surface area contributed by atoms with Crippen molar-refractivity contribution in [1.29, 1.82) is 0 Å². The van der Waals surface area contributed by atoms with Crippen molar-refractivity contribution in [3.8, 4) is 0 Å². The highest BCUT2D eigenvalue weighted by Crippen LogP contribution is 2.39. The Morgan fingerprint density at radius 3 is 2.46 bits per heavy atom. The predicted octanol–water partition coefficient (Wildman–Crippen LogP) is 3.87. The zero-order valence-corrected chi connectivity index (χ0v) is 18.0. The molecule has 0 radical (unpaired) electrons. The topological polar surface area (TPSA) is 63.7 Å². The maximum absolute atomic E-state index is 13.3. The molecular formula is C19H26BrNO4S. The van der Waals surface area contributed by atoms with Crippen LogP contribution < -0.4 is 0 Å². The molecule has 0 amide bonds. The van der Waals surface area contributed by atoms with Gasteiger partial charge in [-0.05, 0) is 42.0 Å². The molecule has 0 aromatic heterocycles. The summed E-state index contributed by atoms with van der Waals surface area (Å²) in [5.74, 6) is -0.222. The average molecular weight is 444 g/mol. The third kappa shape index (κ3) is 4.56. The number of sulfonamides is 1. The minimum absolute atomic E-state index is 0.172. The molecule has 0 bridgehead atoms. The lowest BCUT2D eigenvalue weighted by atomic mass is 9.88. The van der Waals surface area contributed by atoms with Crippen LogP contribution in [-0.2, 0) is 19.6 Å². The van der Waals surface area contributed by atoms with E-state index in [9.17, 15) is 13.2 Å². The van der Waals surface area contributed by atoms with Crippen molar-refractivity contribution in [2.45, 2.75) is 44.6 Å². The second-order valence-electron chi connectivity index (χ2n) is 7.13. The van der Waals surface area contributed by atoms with Crippen molar-refractivity contribution in [3.05, 3.63) is 40.4 Å². The number of nitrogens with zero attached hydrogens (tertiary/aromatic N) is 1. The van der Waals surface area contributed by atoms with Gasteiger partial charge in [-0.15, -0.1) is 0 Å². The van der Waals surface area contributed by atoms with E-state index in [0.29, 0.717) is 12.3 Å². The minimum Gasteiger partial charge on any atom is -0.469 e. The number of carbonyl (C=O) groups is 1. The van der Waals surface area contributed by atoms with Crippen LogP contribution in [0.1, 0.15) is 32.3 Å². The lowest BCUT2D eigenvalue weighted by Crippen LogP contribution is -2.39. The molecule has 1 aliphatic rings. The lowest BCUT2D eigenvalue weighted by molar-refractivity contribution is -0.141. The lowest BCUT2D eigenvalue weighted by Gasteiger charge is -2.28. The number of benzene rings is 1. The Morgan fingerprint density at radius 2 is 1.96 bits per heavy atom. The quantitative estimate of drug-likeness (QED) is 0.625. The molecule has 26 heavy (non-hydrogen) atoms. The molecule has 144 valence electrons. The third-order valence-electron chi connectivity index (χ3n) is 4.74. The Hall–Kier alpha value is -1.18. The second kappa shape index (κ2) is 8.67. The number of hydrogen-bond donors (Lipinski definition) is 0. The first-order valence-corrected chi connectivity index (χ1v) is 11.0. The van der Waals surface area contributed by atoms with Crippen LogP contribution in [0.15, 0.2) is 39.7 Å². The van der Waals surface area contributed by atoms with E-state index >= 15 is 0 Å². The number of halogens is 1. The summed E-state index contributed by atoms with van der Waals surface area (Å²) in [5.41, 5.74) is 1.91. The molecule has 1 saturated heterocycles. The number of aryl methyl sites for hydroxylation is 1. The fourth-order valence-corrected chi connectivity index (χ4v) is 5.53. The summed E-state index contributed by atoms with van der Waals surface area (Å²) >= 11 is 3.35. The Balaban J connectivity index is 2.44. The second-order valence-corrected chi connectivity index (χ2v) is 9.48. The van der Waals surface area contributed by atoms with Gasteiger partial charge in [0.2, 0.25) is 10.0 Å². The highest BCUT2D eigenvalue weighted by Gasteiger charge is 2.45. The molecule has 1 heterocycles. The van der Waals surface area contributed by atoms with E-state index in [1.807, 2.05) is 6.92 Å². The zero-order chi connectivity index (χ0) is 19.5. The third-order valence-corrected chi connectivity index (χ3v) is 7.22. The van der Waals surface area contributed by atoms with Crippen LogP contribution in [0.3, 0.4) is 0 Å². The van der Waals surface area contributed by atoms with Gasteiger partial charge in [0.15, 0.2) is 0 Å². The van der Waals surface area contributed by atoms with Crippen molar-refractivity contribution in [1.82, 2.24) is 4.31 Å². The number of esters is 1. The standard InChI is InChI=1S/C19H26BrNO4S/c1-13(2)9-18-17(10-19(22)25-4)15(11-20)12-21(18)26(23,24)16-7-5-14(3)6-8-16/h5-8,11,13,17-18H,9-10,12H2,1-4H3/b15-11-/t17-,18+/m1/s1. The Kier molecular flexibility index (Phi) is 7.05. The van der Waals surface area contributed by atoms with Crippen molar-refractivity contribution >= 4 is 31.9 Å². The molecule has 0 N–H and O–H groups in total. The summed E-state index contributed by atoms with van der Waals surface area (Å²) in [5, 5.41) is 0. The van der Waals surface area contributed by atoms with E-state index in [4.69, 9.17) is 4.74 Å². The molecule has 0 unspecified atom stereocenters. The molecule has 0 spiro atoms. The van der Waals surface area contributed by atoms with Gasteiger partial charge in [0.05, 0.1) is 18.4 Å². The van der Waals surface area contributed by atoms with Gasteiger partial charge in [-0.1, -0.05) is 47.5 Å². The van der Waals surface area contributed by atoms with E-state index in [1.165, 1.54) is 7.11 Å². The number of hydrogen-bond acceptors (Lipinski definition) is 4. The number of rotatable bonds is 6. The Bertz CT molecular complexity index is 771. The molecular weight excluding hydrogens is 418 g/mol. The monoisotopic (exact) mass is 443 g/mol. The van der Waals surface area contributed by atoms with Crippen LogP contribution in [0.4, 0.5) is 0 Å². The van der Waals surface area contributed by atoms with E-state index in [-0.39, 0.29) is 35.8 Å². The maximum atomic E-state index is 13.3. The summed E-state index contributed by atoms with van der Waals surface area (Å²) in [6.45, 7) is 6.32. The molecule has 1 aromatic rings. The summed E-state index contributed by atoms with van der Waals surface area (Å²) in [6.07, 6.45) is 0.850. The van der Waals surface area contributed by atoms with E-state index < -0.39 is 10.0 Å². The molecule has 1 aromatic carbocycles. The first-order chi connectivity index (χ1) is 12.2. The molecule has 0 aliphatic carbocycles.